The van der Waals surface area contributed by atoms with Gasteiger partial charge >= 0.3 is 0 Å². The molecule has 0 saturated carbocycles. The summed E-state index contributed by atoms with van der Waals surface area (Å²) in [5.74, 6) is -0.540. The van der Waals surface area contributed by atoms with Gasteiger partial charge in [0.1, 0.15) is 5.82 Å². The smallest absolute Gasteiger partial charge is 0.148 e. The lowest BCUT2D eigenvalue weighted by Crippen LogP contribution is -1.94. The highest BCUT2D eigenvalue weighted by Gasteiger charge is 2.04. The minimum atomic E-state index is -0.540. The Balaban J connectivity index is 2.76. The number of anilines is 1. The highest BCUT2D eigenvalue weighted by atomic mass is 35.5. The van der Waals surface area contributed by atoms with Gasteiger partial charge in [-0.15, -0.1) is 0 Å². The van der Waals surface area contributed by atoms with Gasteiger partial charge in [0.05, 0.1) is 5.69 Å². The van der Waals surface area contributed by atoms with Crippen LogP contribution in [0.4, 0.5) is 10.1 Å². The highest BCUT2D eigenvalue weighted by molar-refractivity contribution is 6.30. The Kier molecular flexibility index (Phi) is 4.64. The molecular formula is C10H10ClFN4. The molecule has 6 heteroatoms. The second-order valence-corrected chi connectivity index (χ2v) is 3.47. The van der Waals surface area contributed by atoms with Crippen LogP contribution in [-0.4, -0.2) is 6.54 Å². The summed E-state index contributed by atoms with van der Waals surface area (Å²) in [5, 5.41) is 3.65. The molecule has 4 nitrogen and oxygen atoms in total. The number of benzene rings is 1. The van der Waals surface area contributed by atoms with Crippen LogP contribution in [-0.2, 0) is 0 Å². The molecule has 0 bridgehead atoms. The van der Waals surface area contributed by atoms with Gasteiger partial charge in [-0.25, -0.2) is 4.39 Å². The van der Waals surface area contributed by atoms with Gasteiger partial charge in [-0.05, 0) is 24.1 Å². The van der Waals surface area contributed by atoms with E-state index in [4.69, 9.17) is 22.9 Å². The van der Waals surface area contributed by atoms with Crippen molar-refractivity contribution in [3.05, 3.63) is 45.1 Å². The predicted octanol–water partition coefficient (Wildman–Crippen LogP) is 3.77. The van der Waals surface area contributed by atoms with E-state index in [0.29, 0.717) is 23.6 Å². The lowest BCUT2D eigenvalue weighted by Gasteiger charge is -2.02. The maximum atomic E-state index is 13.2. The molecule has 0 saturated heterocycles. The number of nitrogen functional groups attached to an aromatic ring is 1. The van der Waals surface area contributed by atoms with E-state index < -0.39 is 5.82 Å². The summed E-state index contributed by atoms with van der Waals surface area (Å²) in [6, 6.07) is 2.73. The van der Waals surface area contributed by atoms with Crippen LogP contribution < -0.4 is 5.73 Å². The van der Waals surface area contributed by atoms with E-state index in [9.17, 15) is 4.39 Å². The first-order chi connectivity index (χ1) is 7.65. The quantitative estimate of drug-likeness (QED) is 0.281. The molecule has 16 heavy (non-hydrogen) atoms. The molecule has 84 valence electrons. The van der Waals surface area contributed by atoms with Crippen molar-refractivity contribution in [2.45, 2.75) is 6.42 Å². The monoisotopic (exact) mass is 240 g/mol. The summed E-state index contributed by atoms with van der Waals surface area (Å²) in [6.45, 7) is 0.357. The second-order valence-electron chi connectivity index (χ2n) is 3.04. The largest absolute Gasteiger partial charge is 0.396 e. The molecule has 0 unspecified atom stereocenters. The Labute approximate surface area is 97.1 Å². The topological polar surface area (TPSA) is 74.8 Å². The van der Waals surface area contributed by atoms with Gasteiger partial charge in [-0.2, -0.15) is 0 Å². The number of halogens is 2. The minimum Gasteiger partial charge on any atom is -0.396 e. The molecule has 1 aromatic rings. The van der Waals surface area contributed by atoms with Crippen LogP contribution in [0, 0.1) is 5.82 Å². The first-order valence-corrected chi connectivity index (χ1v) is 4.95. The highest BCUT2D eigenvalue weighted by Crippen LogP contribution is 2.23. The molecule has 0 amide bonds. The van der Waals surface area contributed by atoms with E-state index in [-0.39, 0.29) is 5.69 Å². The molecule has 0 aliphatic rings. The standard InChI is InChI=1S/C10H10ClFN4/c11-8-5-7(10(13)9(12)6-8)3-1-2-4-15-16-14/h1,3,5-6H,2,4,13H2. The van der Waals surface area contributed by atoms with Crippen LogP contribution in [0.5, 0.6) is 0 Å². The van der Waals surface area contributed by atoms with Gasteiger partial charge in [-0.3, -0.25) is 0 Å². The fourth-order valence-corrected chi connectivity index (χ4v) is 1.34. The number of nitrogens with zero attached hydrogens (tertiary/aromatic N) is 3. The zero-order valence-electron chi connectivity index (χ0n) is 8.40. The molecule has 0 spiro atoms. The molecule has 0 fully saturated rings. The average Bonchev–Trinajstić information content (AvgIpc) is 2.24. The second kappa shape index (κ2) is 6.00. The lowest BCUT2D eigenvalue weighted by molar-refractivity contribution is 0.632. The Hall–Kier alpha value is -1.71. The minimum absolute atomic E-state index is 0.0597. The third-order valence-electron chi connectivity index (χ3n) is 1.88. The van der Waals surface area contributed by atoms with Crippen LogP contribution in [0.1, 0.15) is 12.0 Å². The maximum Gasteiger partial charge on any atom is 0.148 e. The van der Waals surface area contributed by atoms with Gasteiger partial charge in [0, 0.05) is 22.0 Å². The molecule has 0 aliphatic carbocycles. The van der Waals surface area contributed by atoms with Crippen molar-refractivity contribution in [1.29, 1.82) is 0 Å². The molecule has 0 aliphatic heterocycles. The summed E-state index contributed by atoms with van der Waals surface area (Å²) in [6.07, 6.45) is 3.96. The van der Waals surface area contributed by atoms with Crippen molar-refractivity contribution in [3.63, 3.8) is 0 Å². The normalized spacial score (nSPS) is 10.4. The first-order valence-electron chi connectivity index (χ1n) is 4.57. The van der Waals surface area contributed by atoms with E-state index >= 15 is 0 Å². The van der Waals surface area contributed by atoms with E-state index in [1.807, 2.05) is 0 Å². The maximum absolute atomic E-state index is 13.2. The summed E-state index contributed by atoms with van der Waals surface area (Å²) >= 11 is 5.69. The summed E-state index contributed by atoms with van der Waals surface area (Å²) in [7, 11) is 0. The zero-order chi connectivity index (χ0) is 12.0. The summed E-state index contributed by atoms with van der Waals surface area (Å²) in [4.78, 5) is 2.61. The van der Waals surface area contributed by atoms with Crippen LogP contribution >= 0.6 is 11.6 Å². The van der Waals surface area contributed by atoms with Crippen molar-refractivity contribution in [1.82, 2.24) is 0 Å². The third-order valence-corrected chi connectivity index (χ3v) is 2.10. The number of rotatable bonds is 4. The molecular weight excluding hydrogens is 231 g/mol. The molecule has 1 aromatic carbocycles. The van der Waals surface area contributed by atoms with Crippen LogP contribution in [0.2, 0.25) is 5.02 Å². The Morgan fingerprint density at radius 3 is 3.00 bits per heavy atom. The lowest BCUT2D eigenvalue weighted by atomic mass is 10.1. The van der Waals surface area contributed by atoms with E-state index in [0.717, 1.165) is 6.07 Å². The third kappa shape index (κ3) is 3.46. The molecule has 1 rings (SSSR count). The van der Waals surface area contributed by atoms with Crippen LogP contribution in [0.15, 0.2) is 23.3 Å². The van der Waals surface area contributed by atoms with E-state index in [2.05, 4.69) is 10.0 Å². The summed E-state index contributed by atoms with van der Waals surface area (Å²) < 4.78 is 13.2. The molecule has 2 N–H and O–H groups in total. The van der Waals surface area contributed by atoms with Crippen molar-refractivity contribution in [3.8, 4) is 0 Å². The fraction of sp³-hybridized carbons (Fsp3) is 0.200. The van der Waals surface area contributed by atoms with Crippen molar-refractivity contribution >= 4 is 23.4 Å². The first kappa shape index (κ1) is 12.4. The molecule has 0 heterocycles. The van der Waals surface area contributed by atoms with Gasteiger partial charge < -0.3 is 5.73 Å². The zero-order valence-corrected chi connectivity index (χ0v) is 9.15. The number of hydrogen-bond acceptors (Lipinski definition) is 2. The van der Waals surface area contributed by atoms with Gasteiger partial charge in [-0.1, -0.05) is 28.9 Å². The fourth-order valence-electron chi connectivity index (χ4n) is 1.13. The SMILES string of the molecule is [N-]=[N+]=NCCC=Cc1cc(Cl)cc(F)c1N. The van der Waals surface area contributed by atoms with Gasteiger partial charge in [0.2, 0.25) is 0 Å². The average molecular weight is 241 g/mol. The van der Waals surface area contributed by atoms with Gasteiger partial charge in [0.15, 0.2) is 0 Å². The van der Waals surface area contributed by atoms with Crippen molar-refractivity contribution in [2.75, 3.05) is 12.3 Å². The Morgan fingerprint density at radius 2 is 2.31 bits per heavy atom. The summed E-state index contributed by atoms with van der Waals surface area (Å²) in [5.41, 5.74) is 14.2. The molecule has 0 radical (unpaired) electrons. The van der Waals surface area contributed by atoms with Crippen molar-refractivity contribution in [2.24, 2.45) is 5.11 Å². The number of nitrogens with two attached hydrogens (primary N) is 1. The van der Waals surface area contributed by atoms with Crippen molar-refractivity contribution < 1.29 is 4.39 Å². The van der Waals surface area contributed by atoms with Gasteiger partial charge in [0.25, 0.3) is 0 Å². The Morgan fingerprint density at radius 1 is 1.56 bits per heavy atom. The van der Waals surface area contributed by atoms with Crippen LogP contribution in [0.25, 0.3) is 16.5 Å². The number of azide groups is 1. The predicted molar refractivity (Wildman–Crippen MR) is 63.5 cm³/mol. The van der Waals surface area contributed by atoms with E-state index in [1.165, 1.54) is 0 Å². The molecule has 0 atom stereocenters. The van der Waals surface area contributed by atoms with E-state index in [1.54, 1.807) is 18.2 Å². The molecule has 0 aromatic heterocycles. The van der Waals surface area contributed by atoms with Crippen LogP contribution in [0.3, 0.4) is 0 Å². The Bertz CT molecular complexity index is 452. The number of hydrogen-bond donors (Lipinski definition) is 1.